The van der Waals surface area contributed by atoms with E-state index in [-0.39, 0.29) is 0 Å². The van der Waals surface area contributed by atoms with Crippen LogP contribution in [0.4, 0.5) is 0 Å². The van der Waals surface area contributed by atoms with E-state index in [0.29, 0.717) is 18.1 Å². The van der Waals surface area contributed by atoms with E-state index < -0.39 is 0 Å². The minimum Gasteiger partial charge on any atom is -0.496 e. The third-order valence-corrected chi connectivity index (χ3v) is 3.35. The molecular weight excluding hydrogens is 274 g/mol. The molecule has 0 aliphatic rings. The number of aromatic nitrogens is 2. The molecular formula is C15H16ClN3O. The number of rotatable bonds is 3. The first-order valence-corrected chi connectivity index (χ1v) is 6.57. The summed E-state index contributed by atoms with van der Waals surface area (Å²) in [6.45, 7) is 2.86. The molecule has 5 heteroatoms. The second-order valence-corrected chi connectivity index (χ2v) is 4.68. The molecule has 104 valence electrons. The maximum atomic E-state index is 6.02. The molecule has 0 aliphatic heterocycles. The highest BCUT2D eigenvalue weighted by atomic mass is 35.5. The summed E-state index contributed by atoms with van der Waals surface area (Å²) in [4.78, 5) is 0. The third kappa shape index (κ3) is 3.13. The van der Waals surface area contributed by atoms with Gasteiger partial charge in [0, 0.05) is 11.1 Å². The normalized spacial score (nSPS) is 10.0. The van der Waals surface area contributed by atoms with E-state index in [0.717, 1.165) is 22.6 Å². The zero-order chi connectivity index (χ0) is 14.5. The lowest BCUT2D eigenvalue weighted by Crippen LogP contribution is -2.05. The van der Waals surface area contributed by atoms with Crippen LogP contribution in [0.2, 0.25) is 5.02 Å². The molecule has 20 heavy (non-hydrogen) atoms. The smallest absolute Gasteiger partial charge is 0.124 e. The van der Waals surface area contributed by atoms with Gasteiger partial charge in [0.25, 0.3) is 0 Å². The van der Waals surface area contributed by atoms with Gasteiger partial charge in [-0.05, 0) is 25.1 Å². The van der Waals surface area contributed by atoms with Crippen molar-refractivity contribution in [2.24, 2.45) is 5.73 Å². The number of nitrogens with zero attached hydrogens (tertiary/aromatic N) is 2. The minimum absolute atomic E-state index is 0.342. The van der Waals surface area contributed by atoms with Crippen LogP contribution in [0.1, 0.15) is 16.8 Å². The lowest BCUT2D eigenvalue weighted by atomic mass is 10.1. The number of hydrogen-bond acceptors (Lipinski definition) is 3. The quantitative estimate of drug-likeness (QED) is 0.882. The van der Waals surface area contributed by atoms with Crippen molar-refractivity contribution in [2.75, 3.05) is 13.7 Å². The predicted octanol–water partition coefficient (Wildman–Crippen LogP) is 2.21. The Labute approximate surface area is 123 Å². The first-order chi connectivity index (χ1) is 9.65. The summed E-state index contributed by atoms with van der Waals surface area (Å²) in [6.07, 6.45) is 1.64. The van der Waals surface area contributed by atoms with Crippen LogP contribution in [0.15, 0.2) is 24.4 Å². The first-order valence-electron chi connectivity index (χ1n) is 6.19. The molecule has 0 saturated heterocycles. The van der Waals surface area contributed by atoms with Gasteiger partial charge in [0.2, 0.25) is 0 Å². The van der Waals surface area contributed by atoms with Gasteiger partial charge in [0.05, 0.1) is 37.1 Å². The summed E-state index contributed by atoms with van der Waals surface area (Å²) in [5.74, 6) is 6.66. The molecule has 2 N–H and O–H groups in total. The van der Waals surface area contributed by atoms with Crippen LogP contribution in [0.5, 0.6) is 5.75 Å². The van der Waals surface area contributed by atoms with Gasteiger partial charge < -0.3 is 10.5 Å². The average molecular weight is 290 g/mol. The average Bonchev–Trinajstić information content (AvgIpc) is 2.77. The number of ether oxygens (including phenoxy) is 1. The topological polar surface area (TPSA) is 53.1 Å². The van der Waals surface area contributed by atoms with E-state index in [2.05, 4.69) is 16.9 Å². The second kappa shape index (κ2) is 6.47. The highest BCUT2D eigenvalue weighted by Gasteiger charge is 2.09. The van der Waals surface area contributed by atoms with Gasteiger partial charge in [-0.1, -0.05) is 23.4 Å². The summed E-state index contributed by atoms with van der Waals surface area (Å²) < 4.78 is 7.21. The highest BCUT2D eigenvalue weighted by Crippen LogP contribution is 2.22. The Morgan fingerprint density at radius 1 is 1.45 bits per heavy atom. The molecule has 1 aromatic carbocycles. The Morgan fingerprint density at radius 2 is 2.25 bits per heavy atom. The maximum absolute atomic E-state index is 6.02. The Bertz CT molecular complexity index is 667. The summed E-state index contributed by atoms with van der Waals surface area (Å²) in [5.41, 5.74) is 8.22. The van der Waals surface area contributed by atoms with Crippen molar-refractivity contribution in [1.29, 1.82) is 0 Å². The molecule has 4 nitrogen and oxygen atoms in total. The molecule has 0 radical (unpaired) electrons. The number of methoxy groups -OCH3 is 1. The maximum Gasteiger partial charge on any atom is 0.124 e. The van der Waals surface area contributed by atoms with Crippen molar-refractivity contribution in [3.8, 4) is 17.6 Å². The molecule has 0 aliphatic carbocycles. The molecule has 0 spiro atoms. The van der Waals surface area contributed by atoms with E-state index in [4.69, 9.17) is 22.1 Å². The van der Waals surface area contributed by atoms with Crippen LogP contribution < -0.4 is 10.5 Å². The van der Waals surface area contributed by atoms with E-state index in [1.165, 1.54) is 0 Å². The van der Waals surface area contributed by atoms with E-state index in [1.807, 2.05) is 29.8 Å². The molecule has 0 unspecified atom stereocenters. The lowest BCUT2D eigenvalue weighted by molar-refractivity contribution is 0.407. The second-order valence-electron chi connectivity index (χ2n) is 4.27. The largest absolute Gasteiger partial charge is 0.496 e. The molecule has 0 saturated carbocycles. The van der Waals surface area contributed by atoms with E-state index in [9.17, 15) is 0 Å². The Balaban J connectivity index is 2.35. The van der Waals surface area contributed by atoms with Gasteiger partial charge in [0.1, 0.15) is 5.75 Å². The Kier molecular flexibility index (Phi) is 4.67. The molecule has 0 bridgehead atoms. The van der Waals surface area contributed by atoms with Crippen LogP contribution in [0, 0.1) is 18.8 Å². The zero-order valence-electron chi connectivity index (χ0n) is 11.5. The van der Waals surface area contributed by atoms with Gasteiger partial charge in [-0.25, -0.2) is 0 Å². The fourth-order valence-electron chi connectivity index (χ4n) is 1.88. The SMILES string of the molecule is COc1ccc(C#CCN)cc1Cn1ncc(Cl)c1C. The lowest BCUT2D eigenvalue weighted by Gasteiger charge is -2.10. The van der Waals surface area contributed by atoms with Crippen LogP contribution >= 0.6 is 11.6 Å². The molecule has 1 heterocycles. The van der Waals surface area contributed by atoms with Gasteiger partial charge in [-0.3, -0.25) is 4.68 Å². The standard InChI is InChI=1S/C15H16ClN3O/c1-11-14(16)9-18-19(11)10-13-8-12(4-3-7-17)5-6-15(13)20-2/h5-6,8-9H,7,10,17H2,1-2H3. The molecule has 2 aromatic rings. The highest BCUT2D eigenvalue weighted by molar-refractivity contribution is 6.31. The van der Waals surface area contributed by atoms with Crippen LogP contribution in [-0.4, -0.2) is 23.4 Å². The molecule has 1 aromatic heterocycles. The summed E-state index contributed by atoms with van der Waals surface area (Å²) >= 11 is 6.02. The van der Waals surface area contributed by atoms with Crippen LogP contribution in [0.3, 0.4) is 0 Å². The van der Waals surface area contributed by atoms with Crippen LogP contribution in [-0.2, 0) is 6.54 Å². The fourth-order valence-corrected chi connectivity index (χ4v) is 2.02. The molecule has 2 rings (SSSR count). The van der Waals surface area contributed by atoms with Crippen molar-refractivity contribution >= 4 is 11.6 Å². The molecule has 0 amide bonds. The summed E-state index contributed by atoms with van der Waals surface area (Å²) in [7, 11) is 1.65. The van der Waals surface area contributed by atoms with Crippen molar-refractivity contribution in [1.82, 2.24) is 9.78 Å². The van der Waals surface area contributed by atoms with E-state index >= 15 is 0 Å². The van der Waals surface area contributed by atoms with Gasteiger partial charge in [-0.2, -0.15) is 5.10 Å². The predicted molar refractivity (Wildman–Crippen MR) is 80.0 cm³/mol. The van der Waals surface area contributed by atoms with Gasteiger partial charge in [-0.15, -0.1) is 0 Å². The summed E-state index contributed by atoms with van der Waals surface area (Å²) in [5, 5.41) is 4.91. The number of nitrogens with two attached hydrogens (primary N) is 1. The molecule has 0 fully saturated rings. The number of halogens is 1. The number of hydrogen-bond donors (Lipinski definition) is 1. The minimum atomic E-state index is 0.342. The van der Waals surface area contributed by atoms with Crippen molar-refractivity contribution in [3.05, 3.63) is 46.2 Å². The zero-order valence-corrected chi connectivity index (χ0v) is 12.2. The third-order valence-electron chi connectivity index (χ3n) is 2.98. The van der Waals surface area contributed by atoms with Crippen LogP contribution in [0.25, 0.3) is 0 Å². The number of benzene rings is 1. The molecule has 0 atom stereocenters. The van der Waals surface area contributed by atoms with Crippen molar-refractivity contribution in [3.63, 3.8) is 0 Å². The van der Waals surface area contributed by atoms with Gasteiger partial charge in [0.15, 0.2) is 0 Å². The van der Waals surface area contributed by atoms with E-state index in [1.54, 1.807) is 13.3 Å². The Morgan fingerprint density at radius 3 is 2.85 bits per heavy atom. The first kappa shape index (κ1) is 14.4. The van der Waals surface area contributed by atoms with Crippen molar-refractivity contribution < 1.29 is 4.74 Å². The van der Waals surface area contributed by atoms with Gasteiger partial charge >= 0.3 is 0 Å². The van der Waals surface area contributed by atoms with Crippen molar-refractivity contribution in [2.45, 2.75) is 13.5 Å². The summed E-state index contributed by atoms with van der Waals surface area (Å²) in [6, 6.07) is 5.79. The Hall–Kier alpha value is -1.96. The fraction of sp³-hybridized carbons (Fsp3) is 0.267. The monoisotopic (exact) mass is 289 g/mol.